The average molecular weight is 421 g/mol. The van der Waals surface area contributed by atoms with Gasteiger partial charge in [-0.25, -0.2) is 9.97 Å². The molecular formula is C20H22Cl2N4O2. The van der Waals surface area contributed by atoms with E-state index in [9.17, 15) is 9.59 Å². The van der Waals surface area contributed by atoms with Gasteiger partial charge in [-0.2, -0.15) is 0 Å². The lowest BCUT2D eigenvalue weighted by molar-refractivity contribution is -0.138. The van der Waals surface area contributed by atoms with Crippen LogP contribution in [0.25, 0.3) is 11.3 Å². The minimum absolute atomic E-state index is 0.0808. The Balaban J connectivity index is 1.90. The first-order valence-electron chi connectivity index (χ1n) is 8.90. The predicted molar refractivity (Wildman–Crippen MR) is 109 cm³/mol. The molecule has 0 saturated carbocycles. The Kier molecular flexibility index (Phi) is 5.38. The number of amides is 2. The van der Waals surface area contributed by atoms with Gasteiger partial charge in [-0.1, -0.05) is 23.7 Å². The summed E-state index contributed by atoms with van der Waals surface area (Å²) < 4.78 is 0. The second-order valence-corrected chi connectivity index (χ2v) is 8.63. The third kappa shape index (κ3) is 3.71. The minimum Gasteiger partial charge on any atom is -0.339 e. The second kappa shape index (κ2) is 7.33. The average Bonchev–Trinajstić information content (AvgIpc) is 2.97. The zero-order valence-corrected chi connectivity index (χ0v) is 18.0. The van der Waals surface area contributed by atoms with E-state index >= 15 is 0 Å². The number of nitrogens with zero attached hydrogens (tertiary/aromatic N) is 4. The van der Waals surface area contributed by atoms with Crippen LogP contribution in [0.1, 0.15) is 43.6 Å². The van der Waals surface area contributed by atoms with Crippen LogP contribution in [0.3, 0.4) is 0 Å². The van der Waals surface area contributed by atoms with Crippen molar-refractivity contribution in [3.8, 4) is 11.3 Å². The van der Waals surface area contributed by atoms with Gasteiger partial charge in [-0.15, -0.1) is 0 Å². The first kappa shape index (κ1) is 20.6. The lowest BCUT2D eigenvalue weighted by atomic mass is 10.0. The molecule has 0 saturated heterocycles. The number of fused-ring (bicyclic) bond motifs is 1. The Morgan fingerprint density at radius 1 is 1.29 bits per heavy atom. The summed E-state index contributed by atoms with van der Waals surface area (Å²) in [7, 11) is 1.76. The van der Waals surface area contributed by atoms with Crippen molar-refractivity contribution in [3.05, 3.63) is 45.8 Å². The molecule has 0 fully saturated rings. The van der Waals surface area contributed by atoms with Gasteiger partial charge >= 0.3 is 0 Å². The zero-order valence-electron chi connectivity index (χ0n) is 16.5. The fourth-order valence-corrected chi connectivity index (χ4v) is 3.41. The summed E-state index contributed by atoms with van der Waals surface area (Å²) in [6.07, 6.45) is 1.43. The topological polar surface area (TPSA) is 66.4 Å². The zero-order chi connectivity index (χ0) is 20.8. The van der Waals surface area contributed by atoms with E-state index < -0.39 is 6.04 Å². The molecule has 0 spiro atoms. The molecule has 8 heteroatoms. The van der Waals surface area contributed by atoms with Crippen LogP contribution in [0.15, 0.2) is 24.4 Å². The van der Waals surface area contributed by atoms with Crippen molar-refractivity contribution in [2.24, 2.45) is 0 Å². The molecule has 148 valence electrons. The molecule has 2 amide bonds. The van der Waals surface area contributed by atoms with Crippen molar-refractivity contribution >= 4 is 35.0 Å². The van der Waals surface area contributed by atoms with Gasteiger partial charge in [-0.05, 0) is 50.9 Å². The fourth-order valence-electron chi connectivity index (χ4n) is 3.08. The Labute approximate surface area is 174 Å². The van der Waals surface area contributed by atoms with Gasteiger partial charge in [0.15, 0.2) is 0 Å². The molecule has 0 N–H and O–H groups in total. The first-order chi connectivity index (χ1) is 13.0. The number of carbonyl (C=O) groups excluding carboxylic acids is 2. The van der Waals surface area contributed by atoms with E-state index in [0.29, 0.717) is 28.4 Å². The third-order valence-electron chi connectivity index (χ3n) is 5.09. The highest BCUT2D eigenvalue weighted by atomic mass is 35.5. The van der Waals surface area contributed by atoms with Gasteiger partial charge < -0.3 is 9.80 Å². The molecule has 1 atom stereocenters. The van der Waals surface area contributed by atoms with E-state index in [2.05, 4.69) is 9.97 Å². The van der Waals surface area contributed by atoms with Gasteiger partial charge in [0, 0.05) is 30.3 Å². The number of hydrogen-bond donors (Lipinski definition) is 0. The van der Waals surface area contributed by atoms with Gasteiger partial charge in [0.2, 0.25) is 11.2 Å². The van der Waals surface area contributed by atoms with Crippen molar-refractivity contribution in [1.82, 2.24) is 19.8 Å². The van der Waals surface area contributed by atoms with Gasteiger partial charge in [0.1, 0.15) is 6.04 Å². The SMILES string of the molecule is CC(C(=O)N(C)C(C)(C)C)N1Cc2ccc(-c3nc(Cl)ncc3Cl)cc2C1=O. The molecule has 2 aromatic rings. The smallest absolute Gasteiger partial charge is 0.255 e. The summed E-state index contributed by atoms with van der Waals surface area (Å²) in [6.45, 7) is 8.02. The molecule has 6 nitrogen and oxygen atoms in total. The molecule has 28 heavy (non-hydrogen) atoms. The molecule has 1 aromatic heterocycles. The Morgan fingerprint density at radius 2 is 1.96 bits per heavy atom. The lowest BCUT2D eigenvalue weighted by Crippen LogP contribution is -2.51. The van der Waals surface area contributed by atoms with Crippen LogP contribution in [0.4, 0.5) is 0 Å². The predicted octanol–water partition coefficient (Wildman–Crippen LogP) is 4.05. The van der Waals surface area contributed by atoms with Crippen molar-refractivity contribution in [3.63, 3.8) is 0 Å². The molecule has 0 bridgehead atoms. The molecule has 0 radical (unpaired) electrons. The highest BCUT2D eigenvalue weighted by Gasteiger charge is 2.37. The van der Waals surface area contributed by atoms with Crippen molar-refractivity contribution < 1.29 is 9.59 Å². The molecule has 0 aliphatic carbocycles. The summed E-state index contributed by atoms with van der Waals surface area (Å²) >= 11 is 12.1. The van der Waals surface area contributed by atoms with Crippen molar-refractivity contribution in [1.29, 1.82) is 0 Å². The van der Waals surface area contributed by atoms with Crippen LogP contribution in [0, 0.1) is 0 Å². The van der Waals surface area contributed by atoms with Crippen LogP contribution in [0.5, 0.6) is 0 Å². The van der Waals surface area contributed by atoms with Gasteiger partial charge in [0.05, 0.1) is 16.9 Å². The van der Waals surface area contributed by atoms with E-state index in [1.54, 1.807) is 29.8 Å². The quantitative estimate of drug-likeness (QED) is 0.702. The molecule has 1 unspecified atom stereocenters. The molecule has 1 aliphatic rings. The molecule has 2 heterocycles. The minimum atomic E-state index is -0.565. The highest BCUT2D eigenvalue weighted by molar-refractivity contribution is 6.33. The van der Waals surface area contributed by atoms with Crippen LogP contribution in [-0.2, 0) is 11.3 Å². The maximum atomic E-state index is 13.0. The van der Waals surface area contributed by atoms with E-state index in [1.807, 2.05) is 32.9 Å². The van der Waals surface area contributed by atoms with Gasteiger partial charge in [0.25, 0.3) is 5.91 Å². The normalized spacial score (nSPS) is 14.8. The first-order valence-corrected chi connectivity index (χ1v) is 9.66. The van der Waals surface area contributed by atoms with Crippen molar-refractivity contribution in [2.75, 3.05) is 7.05 Å². The number of halogens is 2. The van der Waals surface area contributed by atoms with E-state index in [-0.39, 0.29) is 22.6 Å². The summed E-state index contributed by atoms with van der Waals surface area (Å²) in [5.41, 5.74) is 2.22. The van der Waals surface area contributed by atoms with E-state index in [4.69, 9.17) is 23.2 Å². The van der Waals surface area contributed by atoms with Crippen LogP contribution in [0.2, 0.25) is 10.3 Å². The van der Waals surface area contributed by atoms with E-state index in [1.165, 1.54) is 6.20 Å². The van der Waals surface area contributed by atoms with Crippen LogP contribution < -0.4 is 0 Å². The summed E-state index contributed by atoms with van der Waals surface area (Å²) in [6, 6.07) is 4.88. The van der Waals surface area contributed by atoms with Crippen LogP contribution >= 0.6 is 23.2 Å². The number of benzene rings is 1. The molecule has 1 aromatic carbocycles. The Bertz CT molecular complexity index is 956. The number of likely N-dealkylation sites (N-methyl/N-ethyl adjacent to an activating group) is 1. The van der Waals surface area contributed by atoms with E-state index in [0.717, 1.165) is 5.56 Å². The number of carbonyl (C=O) groups is 2. The van der Waals surface area contributed by atoms with Gasteiger partial charge in [-0.3, -0.25) is 9.59 Å². The second-order valence-electron chi connectivity index (χ2n) is 7.88. The summed E-state index contributed by atoms with van der Waals surface area (Å²) in [4.78, 5) is 37.1. The fraction of sp³-hybridized carbons (Fsp3) is 0.400. The third-order valence-corrected chi connectivity index (χ3v) is 5.55. The number of aromatic nitrogens is 2. The lowest BCUT2D eigenvalue weighted by Gasteiger charge is -2.36. The molecular weight excluding hydrogens is 399 g/mol. The Hall–Kier alpha value is -2.18. The summed E-state index contributed by atoms with van der Waals surface area (Å²) in [5, 5.41) is 0.430. The Morgan fingerprint density at radius 3 is 2.61 bits per heavy atom. The van der Waals surface area contributed by atoms with Crippen molar-refractivity contribution in [2.45, 2.75) is 45.8 Å². The molecule has 3 rings (SSSR count). The number of hydrogen-bond acceptors (Lipinski definition) is 4. The maximum Gasteiger partial charge on any atom is 0.255 e. The van der Waals surface area contributed by atoms with Crippen LogP contribution in [-0.4, -0.2) is 50.2 Å². The maximum absolute atomic E-state index is 13.0. The standard InChI is InChI=1S/C20H22Cl2N4O2/c1-11(17(27)25(5)20(2,3)4)26-10-13-7-6-12(8-14(13)18(26)28)16-15(21)9-23-19(22)24-16/h6-9,11H,10H2,1-5H3. The number of rotatable bonds is 3. The monoisotopic (exact) mass is 420 g/mol. The molecule has 1 aliphatic heterocycles. The highest BCUT2D eigenvalue weighted by Crippen LogP contribution is 2.32. The largest absolute Gasteiger partial charge is 0.339 e. The summed E-state index contributed by atoms with van der Waals surface area (Å²) in [5.74, 6) is -0.282.